The number of nitrogens with zero attached hydrogens (tertiary/aromatic N) is 1. The Morgan fingerprint density at radius 2 is 2.11 bits per heavy atom. The van der Waals surface area contributed by atoms with E-state index in [0.717, 1.165) is 10.4 Å². The summed E-state index contributed by atoms with van der Waals surface area (Å²) >= 11 is 1.42. The first kappa shape index (κ1) is 16.0. The summed E-state index contributed by atoms with van der Waals surface area (Å²) < 4.78 is 37.4. The summed E-state index contributed by atoms with van der Waals surface area (Å²) in [6.07, 6.45) is -4.18. The van der Waals surface area contributed by atoms with Crippen LogP contribution >= 0.6 is 11.3 Å². The van der Waals surface area contributed by atoms with Gasteiger partial charge in [-0.1, -0.05) is 11.8 Å². The summed E-state index contributed by atoms with van der Waals surface area (Å²) in [4.78, 5) is 2.27. The number of hydrogen-bond donors (Lipinski definition) is 1. The number of halogens is 3. The lowest BCUT2D eigenvalue weighted by Crippen LogP contribution is -2.38. The zero-order valence-corrected chi connectivity index (χ0v) is 11.7. The predicted molar refractivity (Wildman–Crippen MR) is 71.9 cm³/mol. The minimum atomic E-state index is -4.18. The molecule has 0 radical (unpaired) electrons. The fourth-order valence-electron chi connectivity index (χ4n) is 1.53. The van der Waals surface area contributed by atoms with Crippen LogP contribution in [-0.4, -0.2) is 30.2 Å². The molecular formula is C13H17F3N2S. The largest absolute Gasteiger partial charge is 0.401 e. The van der Waals surface area contributed by atoms with Gasteiger partial charge in [0.15, 0.2) is 0 Å². The van der Waals surface area contributed by atoms with Gasteiger partial charge in [-0.2, -0.15) is 13.2 Å². The molecule has 0 spiro atoms. The molecule has 1 aromatic rings. The number of alkyl halides is 3. The van der Waals surface area contributed by atoms with Gasteiger partial charge in [0.05, 0.1) is 13.1 Å². The van der Waals surface area contributed by atoms with E-state index in [4.69, 9.17) is 5.73 Å². The highest BCUT2D eigenvalue weighted by Gasteiger charge is 2.31. The summed E-state index contributed by atoms with van der Waals surface area (Å²) in [5, 5.41) is 1.84. The van der Waals surface area contributed by atoms with E-state index in [1.54, 1.807) is 13.8 Å². The molecule has 19 heavy (non-hydrogen) atoms. The number of hydrogen-bond acceptors (Lipinski definition) is 3. The van der Waals surface area contributed by atoms with Crippen molar-refractivity contribution >= 4 is 11.3 Å². The minimum Gasteiger partial charge on any atom is -0.320 e. The van der Waals surface area contributed by atoms with Gasteiger partial charge in [-0.05, 0) is 19.9 Å². The quantitative estimate of drug-likeness (QED) is 0.864. The SMILES string of the molecule is CC(C)N(Cc1cc(C#CCN)cs1)CC(F)(F)F. The summed E-state index contributed by atoms with van der Waals surface area (Å²) in [6.45, 7) is 3.18. The van der Waals surface area contributed by atoms with Crippen molar-refractivity contribution in [2.24, 2.45) is 5.73 Å². The summed E-state index contributed by atoms with van der Waals surface area (Å²) in [5.74, 6) is 5.59. The lowest BCUT2D eigenvalue weighted by molar-refractivity contribution is -0.150. The van der Waals surface area contributed by atoms with Gasteiger partial charge in [0, 0.05) is 28.4 Å². The van der Waals surface area contributed by atoms with Gasteiger partial charge in [0.1, 0.15) is 0 Å². The fourth-order valence-corrected chi connectivity index (χ4v) is 2.37. The van der Waals surface area contributed by atoms with Gasteiger partial charge in [-0.15, -0.1) is 11.3 Å². The molecule has 0 unspecified atom stereocenters. The van der Waals surface area contributed by atoms with Crippen LogP contribution in [0.3, 0.4) is 0 Å². The van der Waals surface area contributed by atoms with Crippen LogP contribution in [0.4, 0.5) is 13.2 Å². The van der Waals surface area contributed by atoms with Gasteiger partial charge in [0.25, 0.3) is 0 Å². The smallest absolute Gasteiger partial charge is 0.320 e. The van der Waals surface area contributed by atoms with Gasteiger partial charge in [-0.25, -0.2) is 0 Å². The maximum absolute atomic E-state index is 12.5. The second kappa shape index (κ2) is 6.94. The highest BCUT2D eigenvalue weighted by Crippen LogP contribution is 2.22. The van der Waals surface area contributed by atoms with Crippen LogP contribution in [0.15, 0.2) is 11.4 Å². The standard InChI is InChI=1S/C13H17F3N2S/c1-10(2)18(9-13(14,15)16)7-12-6-11(8-19-12)4-3-5-17/h6,8,10H,5,7,9,17H2,1-2H3. The molecule has 106 valence electrons. The average Bonchev–Trinajstić information content (AvgIpc) is 2.71. The first-order valence-corrected chi connectivity index (χ1v) is 6.77. The molecule has 1 rings (SSSR count). The third-order valence-electron chi connectivity index (χ3n) is 2.46. The van der Waals surface area contributed by atoms with E-state index >= 15 is 0 Å². The van der Waals surface area contributed by atoms with Crippen LogP contribution in [0.5, 0.6) is 0 Å². The first-order valence-electron chi connectivity index (χ1n) is 5.89. The number of nitrogens with two attached hydrogens (primary N) is 1. The molecule has 0 saturated heterocycles. The third kappa shape index (κ3) is 6.10. The van der Waals surface area contributed by atoms with E-state index in [2.05, 4.69) is 11.8 Å². The van der Waals surface area contributed by atoms with E-state index in [1.165, 1.54) is 16.2 Å². The normalized spacial score (nSPS) is 11.8. The Bertz CT molecular complexity index is 454. The Morgan fingerprint density at radius 3 is 2.63 bits per heavy atom. The molecule has 1 aromatic heterocycles. The fraction of sp³-hybridized carbons (Fsp3) is 0.538. The van der Waals surface area contributed by atoms with Crippen LogP contribution in [0, 0.1) is 11.8 Å². The lowest BCUT2D eigenvalue weighted by Gasteiger charge is -2.26. The molecule has 0 amide bonds. The Balaban J connectivity index is 2.71. The Hall–Kier alpha value is -1.03. The Labute approximate surface area is 115 Å². The predicted octanol–water partition coefficient (Wildman–Crippen LogP) is 2.83. The van der Waals surface area contributed by atoms with E-state index in [9.17, 15) is 13.2 Å². The Kier molecular flexibility index (Phi) is 5.85. The van der Waals surface area contributed by atoms with Crippen LogP contribution in [0.2, 0.25) is 0 Å². The molecule has 0 saturated carbocycles. The Morgan fingerprint density at radius 1 is 1.42 bits per heavy atom. The zero-order valence-electron chi connectivity index (χ0n) is 10.9. The van der Waals surface area contributed by atoms with E-state index in [-0.39, 0.29) is 19.1 Å². The highest BCUT2D eigenvalue weighted by molar-refractivity contribution is 7.10. The van der Waals surface area contributed by atoms with Crippen LogP contribution in [0.25, 0.3) is 0 Å². The molecule has 6 heteroatoms. The molecule has 0 bridgehead atoms. The van der Waals surface area contributed by atoms with Gasteiger partial charge >= 0.3 is 6.18 Å². The highest BCUT2D eigenvalue weighted by atomic mass is 32.1. The summed E-state index contributed by atoms with van der Waals surface area (Å²) in [6, 6.07) is 1.65. The summed E-state index contributed by atoms with van der Waals surface area (Å²) in [7, 11) is 0. The average molecular weight is 290 g/mol. The third-order valence-corrected chi connectivity index (χ3v) is 3.38. The molecule has 0 aliphatic rings. The van der Waals surface area contributed by atoms with Crippen LogP contribution < -0.4 is 5.73 Å². The van der Waals surface area contributed by atoms with Crippen molar-refractivity contribution in [3.63, 3.8) is 0 Å². The monoisotopic (exact) mass is 290 g/mol. The van der Waals surface area contributed by atoms with Crippen molar-refractivity contribution in [2.45, 2.75) is 32.6 Å². The maximum atomic E-state index is 12.5. The zero-order chi connectivity index (χ0) is 14.5. The molecular weight excluding hydrogens is 273 g/mol. The topological polar surface area (TPSA) is 29.3 Å². The van der Waals surface area contributed by atoms with Gasteiger partial charge in [-0.3, -0.25) is 4.90 Å². The maximum Gasteiger partial charge on any atom is 0.401 e. The minimum absolute atomic E-state index is 0.165. The molecule has 0 aromatic carbocycles. The van der Waals surface area contributed by atoms with Gasteiger partial charge in [0.2, 0.25) is 0 Å². The van der Waals surface area contributed by atoms with Gasteiger partial charge < -0.3 is 5.73 Å². The molecule has 0 atom stereocenters. The van der Waals surface area contributed by atoms with Crippen molar-refractivity contribution in [3.8, 4) is 11.8 Å². The first-order chi connectivity index (χ1) is 8.81. The van der Waals surface area contributed by atoms with E-state index < -0.39 is 12.7 Å². The molecule has 0 aliphatic carbocycles. The summed E-state index contributed by atoms with van der Waals surface area (Å²) in [5.41, 5.74) is 6.08. The molecule has 2 N–H and O–H groups in total. The molecule has 0 fully saturated rings. The van der Waals surface area contributed by atoms with E-state index in [1.807, 2.05) is 11.4 Å². The molecule has 1 heterocycles. The second-order valence-corrected chi connectivity index (χ2v) is 5.42. The number of rotatable bonds is 4. The van der Waals surface area contributed by atoms with Crippen LogP contribution in [-0.2, 0) is 6.54 Å². The van der Waals surface area contributed by atoms with Crippen molar-refractivity contribution in [1.82, 2.24) is 4.90 Å². The van der Waals surface area contributed by atoms with Crippen molar-refractivity contribution in [2.75, 3.05) is 13.1 Å². The van der Waals surface area contributed by atoms with Crippen LogP contribution in [0.1, 0.15) is 24.3 Å². The van der Waals surface area contributed by atoms with E-state index in [0.29, 0.717) is 0 Å². The van der Waals surface area contributed by atoms with Crippen molar-refractivity contribution in [1.29, 1.82) is 0 Å². The van der Waals surface area contributed by atoms with Crippen molar-refractivity contribution < 1.29 is 13.2 Å². The molecule has 2 nitrogen and oxygen atoms in total. The van der Waals surface area contributed by atoms with Crippen molar-refractivity contribution in [3.05, 3.63) is 21.9 Å². The molecule has 0 aliphatic heterocycles. The number of thiophene rings is 1. The lowest BCUT2D eigenvalue weighted by atomic mass is 10.2. The second-order valence-electron chi connectivity index (χ2n) is 4.42.